The third-order valence-electron chi connectivity index (χ3n) is 2.91. The van der Waals surface area contributed by atoms with Gasteiger partial charge in [0.05, 0.1) is 5.92 Å². The molecule has 0 aliphatic carbocycles. The Labute approximate surface area is 112 Å². The van der Waals surface area contributed by atoms with Crippen LogP contribution < -0.4 is 5.32 Å². The predicted molar refractivity (Wildman–Crippen MR) is 62.7 cm³/mol. The lowest BCUT2D eigenvalue weighted by molar-refractivity contribution is -0.157. The Kier molecular flexibility index (Phi) is 3.69. The maximum atomic E-state index is 12.3. The molecule has 1 aliphatic heterocycles. The molecule has 1 unspecified atom stereocenters. The van der Waals surface area contributed by atoms with Gasteiger partial charge in [-0.15, -0.1) is 0 Å². The van der Waals surface area contributed by atoms with Gasteiger partial charge in [0.1, 0.15) is 6.54 Å². The standard InChI is InChI=1S/C11H13F3N4O2/c1-6-2-8(17-16-6)15-10(20)7-3-9(19)18(4-7)5-11(12,13)14/h2,7H,3-5H2,1H3,(H2,15,16,17,20). The zero-order valence-corrected chi connectivity index (χ0v) is 10.6. The summed E-state index contributed by atoms with van der Waals surface area (Å²) in [6.07, 6.45) is -4.67. The highest BCUT2D eigenvalue weighted by molar-refractivity contribution is 5.96. The number of carbonyl (C=O) groups excluding carboxylic acids is 2. The average Bonchev–Trinajstić information content (AvgIpc) is 2.85. The summed E-state index contributed by atoms with van der Waals surface area (Å²) in [4.78, 5) is 24.0. The average molecular weight is 290 g/mol. The molecule has 2 amide bonds. The van der Waals surface area contributed by atoms with Gasteiger partial charge < -0.3 is 10.2 Å². The Morgan fingerprint density at radius 1 is 1.60 bits per heavy atom. The molecule has 6 nitrogen and oxygen atoms in total. The number of rotatable bonds is 3. The van der Waals surface area contributed by atoms with E-state index in [0.717, 1.165) is 5.69 Å². The van der Waals surface area contributed by atoms with Crippen LogP contribution in [0.4, 0.5) is 19.0 Å². The van der Waals surface area contributed by atoms with E-state index in [9.17, 15) is 22.8 Å². The molecule has 1 aliphatic rings. The number of anilines is 1. The van der Waals surface area contributed by atoms with Crippen molar-refractivity contribution in [3.05, 3.63) is 11.8 Å². The van der Waals surface area contributed by atoms with Crippen LogP contribution in [0.5, 0.6) is 0 Å². The minimum Gasteiger partial charge on any atom is -0.333 e. The first-order chi connectivity index (χ1) is 9.24. The van der Waals surface area contributed by atoms with Crippen molar-refractivity contribution in [1.29, 1.82) is 0 Å². The SMILES string of the molecule is Cc1cc(NC(=O)C2CC(=O)N(CC(F)(F)F)C2)n[nH]1. The first kappa shape index (κ1) is 14.4. The van der Waals surface area contributed by atoms with E-state index in [1.54, 1.807) is 13.0 Å². The van der Waals surface area contributed by atoms with Gasteiger partial charge in [0, 0.05) is 24.7 Å². The zero-order chi connectivity index (χ0) is 14.9. The molecule has 110 valence electrons. The van der Waals surface area contributed by atoms with Crippen molar-refractivity contribution >= 4 is 17.6 Å². The molecule has 2 N–H and O–H groups in total. The number of carbonyl (C=O) groups is 2. The number of aryl methyl sites for hydroxylation is 1. The van der Waals surface area contributed by atoms with Crippen LogP contribution in [0.3, 0.4) is 0 Å². The van der Waals surface area contributed by atoms with Gasteiger partial charge >= 0.3 is 6.18 Å². The summed E-state index contributed by atoms with van der Waals surface area (Å²) in [5.74, 6) is -1.67. The summed E-state index contributed by atoms with van der Waals surface area (Å²) in [5.41, 5.74) is 0.737. The number of nitrogens with one attached hydrogen (secondary N) is 2. The Morgan fingerprint density at radius 2 is 2.30 bits per heavy atom. The van der Waals surface area contributed by atoms with Crippen molar-refractivity contribution in [3.63, 3.8) is 0 Å². The molecule has 1 aromatic heterocycles. The van der Waals surface area contributed by atoms with Gasteiger partial charge in [0.25, 0.3) is 0 Å². The number of hydrogen-bond donors (Lipinski definition) is 2. The largest absolute Gasteiger partial charge is 0.406 e. The molecule has 0 spiro atoms. The Balaban J connectivity index is 1.94. The minimum atomic E-state index is -4.46. The molecule has 0 saturated carbocycles. The third-order valence-corrected chi connectivity index (χ3v) is 2.91. The maximum absolute atomic E-state index is 12.3. The number of H-pyrrole nitrogens is 1. The molecule has 2 heterocycles. The third kappa shape index (κ3) is 3.49. The lowest BCUT2D eigenvalue weighted by Gasteiger charge is -2.18. The highest BCUT2D eigenvalue weighted by Crippen LogP contribution is 2.24. The molecule has 2 rings (SSSR count). The van der Waals surface area contributed by atoms with Crippen LogP contribution in [-0.2, 0) is 9.59 Å². The molecule has 20 heavy (non-hydrogen) atoms. The Hall–Kier alpha value is -2.06. The summed E-state index contributed by atoms with van der Waals surface area (Å²) in [6.45, 7) is 0.192. The maximum Gasteiger partial charge on any atom is 0.406 e. The quantitative estimate of drug-likeness (QED) is 0.874. The van der Waals surface area contributed by atoms with E-state index in [-0.39, 0.29) is 18.8 Å². The zero-order valence-electron chi connectivity index (χ0n) is 10.6. The van der Waals surface area contributed by atoms with Crippen LogP contribution in [0.25, 0.3) is 0 Å². The van der Waals surface area contributed by atoms with Gasteiger partial charge in [0.2, 0.25) is 11.8 Å². The van der Waals surface area contributed by atoms with Crippen molar-refractivity contribution in [2.75, 3.05) is 18.4 Å². The first-order valence-electron chi connectivity index (χ1n) is 5.92. The minimum absolute atomic E-state index is 0.217. The fourth-order valence-corrected chi connectivity index (χ4v) is 2.03. The predicted octanol–water partition coefficient (Wildman–Crippen LogP) is 1.07. The second-order valence-electron chi connectivity index (χ2n) is 4.72. The van der Waals surface area contributed by atoms with Crippen LogP contribution in [0.15, 0.2) is 6.07 Å². The molecule has 1 atom stereocenters. The number of alkyl halides is 3. The summed E-state index contributed by atoms with van der Waals surface area (Å²) in [6, 6.07) is 1.59. The van der Waals surface area contributed by atoms with Crippen LogP contribution in [0.2, 0.25) is 0 Å². The molecule has 1 saturated heterocycles. The number of nitrogens with zero attached hydrogens (tertiary/aromatic N) is 2. The summed E-state index contributed by atoms with van der Waals surface area (Å²) in [5, 5.41) is 8.88. The second kappa shape index (κ2) is 5.14. The fraction of sp³-hybridized carbons (Fsp3) is 0.545. The second-order valence-corrected chi connectivity index (χ2v) is 4.72. The summed E-state index contributed by atoms with van der Waals surface area (Å²) < 4.78 is 36.8. The van der Waals surface area contributed by atoms with Gasteiger partial charge in [-0.25, -0.2) is 0 Å². The van der Waals surface area contributed by atoms with E-state index in [1.165, 1.54) is 0 Å². The van der Waals surface area contributed by atoms with Gasteiger partial charge in [-0.1, -0.05) is 0 Å². The van der Waals surface area contributed by atoms with E-state index in [1.807, 2.05) is 0 Å². The highest BCUT2D eigenvalue weighted by Gasteiger charge is 2.40. The highest BCUT2D eigenvalue weighted by atomic mass is 19.4. The van der Waals surface area contributed by atoms with Crippen molar-refractivity contribution in [2.24, 2.45) is 5.92 Å². The number of aromatic nitrogens is 2. The summed E-state index contributed by atoms with van der Waals surface area (Å²) in [7, 11) is 0. The number of hydrogen-bond acceptors (Lipinski definition) is 3. The lowest BCUT2D eigenvalue weighted by atomic mass is 10.1. The molecule has 0 bridgehead atoms. The van der Waals surface area contributed by atoms with Gasteiger partial charge in [-0.05, 0) is 6.92 Å². The van der Waals surface area contributed by atoms with E-state index in [2.05, 4.69) is 15.5 Å². The molecule has 1 aromatic rings. The number of likely N-dealkylation sites (tertiary alicyclic amines) is 1. The number of halogens is 3. The van der Waals surface area contributed by atoms with Crippen molar-refractivity contribution in [3.8, 4) is 0 Å². The number of aromatic amines is 1. The van der Waals surface area contributed by atoms with Gasteiger partial charge in [-0.3, -0.25) is 14.7 Å². The van der Waals surface area contributed by atoms with Crippen LogP contribution in [-0.4, -0.2) is 46.2 Å². The van der Waals surface area contributed by atoms with E-state index in [4.69, 9.17) is 0 Å². The molecular formula is C11H13F3N4O2. The van der Waals surface area contributed by atoms with Gasteiger partial charge in [-0.2, -0.15) is 18.3 Å². The first-order valence-corrected chi connectivity index (χ1v) is 5.92. The molecule has 9 heteroatoms. The molecular weight excluding hydrogens is 277 g/mol. The fourth-order valence-electron chi connectivity index (χ4n) is 2.03. The lowest BCUT2D eigenvalue weighted by Crippen LogP contribution is -2.36. The normalized spacial score (nSPS) is 19.5. The van der Waals surface area contributed by atoms with Crippen LogP contribution in [0.1, 0.15) is 12.1 Å². The monoisotopic (exact) mass is 290 g/mol. The summed E-state index contributed by atoms with van der Waals surface area (Å²) >= 11 is 0. The van der Waals surface area contributed by atoms with E-state index < -0.39 is 30.5 Å². The smallest absolute Gasteiger partial charge is 0.333 e. The Morgan fingerprint density at radius 3 is 2.85 bits per heavy atom. The van der Waals surface area contributed by atoms with E-state index in [0.29, 0.717) is 4.90 Å². The van der Waals surface area contributed by atoms with E-state index >= 15 is 0 Å². The van der Waals surface area contributed by atoms with Crippen molar-refractivity contribution in [1.82, 2.24) is 15.1 Å². The Bertz CT molecular complexity index is 526. The van der Waals surface area contributed by atoms with Gasteiger partial charge in [0.15, 0.2) is 5.82 Å². The topological polar surface area (TPSA) is 78.1 Å². The van der Waals surface area contributed by atoms with Crippen molar-refractivity contribution < 1.29 is 22.8 Å². The van der Waals surface area contributed by atoms with Crippen molar-refractivity contribution in [2.45, 2.75) is 19.5 Å². The molecule has 1 fully saturated rings. The number of amides is 2. The molecule has 0 aromatic carbocycles. The van der Waals surface area contributed by atoms with Crippen LogP contribution >= 0.6 is 0 Å². The van der Waals surface area contributed by atoms with Crippen LogP contribution in [0, 0.1) is 12.8 Å². The molecule has 0 radical (unpaired) electrons.